The van der Waals surface area contributed by atoms with Gasteiger partial charge in [-0.15, -0.1) is 4.28 Å². The van der Waals surface area contributed by atoms with Crippen LogP contribution >= 0.6 is 0 Å². The minimum Gasteiger partial charge on any atom is -0.442 e. The van der Waals surface area contributed by atoms with Crippen LogP contribution < -0.4 is 5.32 Å². The van der Waals surface area contributed by atoms with Gasteiger partial charge in [0.2, 0.25) is 0 Å². The molecule has 1 atom stereocenters. The molecule has 1 aliphatic rings. The highest BCUT2D eigenvalue weighted by Crippen LogP contribution is 2.19. The molecular formula is C36H50N2O5S. The number of unbranched alkanes of at least 4 members (excludes halogenated alkanes) is 3. The van der Waals surface area contributed by atoms with Gasteiger partial charge in [0.25, 0.3) is 0 Å². The van der Waals surface area contributed by atoms with Crippen molar-refractivity contribution in [2.75, 3.05) is 13.1 Å². The summed E-state index contributed by atoms with van der Waals surface area (Å²) in [6.45, 7) is 8.39. The van der Waals surface area contributed by atoms with Crippen LogP contribution in [0, 0.1) is 6.92 Å². The molecule has 0 spiro atoms. The number of hydroxylamine groups is 2. The smallest absolute Gasteiger partial charge is 0.435 e. The fourth-order valence-corrected chi connectivity index (χ4v) is 5.84. The van der Waals surface area contributed by atoms with Gasteiger partial charge in [-0.1, -0.05) is 91.2 Å². The summed E-state index contributed by atoms with van der Waals surface area (Å²) in [5.41, 5.74) is 2.93. The van der Waals surface area contributed by atoms with Crippen molar-refractivity contribution in [2.45, 2.75) is 102 Å². The number of ether oxygens (including phenoxy) is 1. The Morgan fingerprint density at radius 1 is 0.841 bits per heavy atom. The van der Waals surface area contributed by atoms with Crippen molar-refractivity contribution in [2.24, 2.45) is 0 Å². The number of rotatable bonds is 13. The number of hydrogen-bond donors (Lipinski definition) is 1. The highest BCUT2D eigenvalue weighted by Gasteiger charge is 2.28. The number of carbonyl (C=O) groups is 1. The lowest BCUT2D eigenvalue weighted by molar-refractivity contribution is -0.0691. The fraction of sp³-hybridized carbons (Fsp3) is 0.472. The van der Waals surface area contributed by atoms with E-state index in [1.807, 2.05) is 25.1 Å². The van der Waals surface area contributed by atoms with Crippen molar-refractivity contribution in [3.63, 3.8) is 0 Å². The van der Waals surface area contributed by atoms with Crippen LogP contribution in [0.15, 0.2) is 89.8 Å². The van der Waals surface area contributed by atoms with Crippen LogP contribution in [0.4, 0.5) is 4.79 Å². The molecule has 7 nitrogen and oxygen atoms in total. The van der Waals surface area contributed by atoms with Gasteiger partial charge in [-0.3, -0.25) is 0 Å². The number of hydrogen-bond acceptors (Lipinski definition) is 6. The topological polar surface area (TPSA) is 84.9 Å². The molecule has 240 valence electrons. The first-order valence-corrected chi connectivity index (χ1v) is 17.3. The summed E-state index contributed by atoms with van der Waals surface area (Å²) in [6, 6.07) is 28.1. The molecule has 1 amide bonds. The van der Waals surface area contributed by atoms with Crippen molar-refractivity contribution in [1.29, 1.82) is 0 Å². The van der Waals surface area contributed by atoms with Crippen molar-refractivity contribution in [1.82, 2.24) is 10.4 Å². The number of carbonyl (C=O) groups excluding carboxylic acids is 1. The molecule has 3 aromatic rings. The number of aryl methyl sites for hydroxylation is 3. The fourth-order valence-electron chi connectivity index (χ4n) is 4.91. The zero-order valence-electron chi connectivity index (χ0n) is 26.8. The zero-order chi connectivity index (χ0) is 31.8. The monoisotopic (exact) mass is 622 g/mol. The normalized spacial score (nSPS) is 14.9. The molecule has 1 fully saturated rings. The maximum Gasteiger partial charge on any atom is 0.435 e. The minimum atomic E-state index is -4.14. The van der Waals surface area contributed by atoms with Crippen molar-refractivity contribution in [3.8, 4) is 0 Å². The molecule has 0 aromatic heterocycles. The van der Waals surface area contributed by atoms with Gasteiger partial charge in [0.1, 0.15) is 5.60 Å². The minimum absolute atomic E-state index is 0.00507. The third-order valence-electron chi connectivity index (χ3n) is 7.30. The van der Waals surface area contributed by atoms with Crippen LogP contribution in [-0.2, 0) is 32.0 Å². The van der Waals surface area contributed by atoms with E-state index in [1.54, 1.807) is 32.9 Å². The molecule has 44 heavy (non-hydrogen) atoms. The van der Waals surface area contributed by atoms with Gasteiger partial charge in [0.05, 0.1) is 11.4 Å². The van der Waals surface area contributed by atoms with Gasteiger partial charge < -0.3 is 10.1 Å². The Morgan fingerprint density at radius 3 is 2.00 bits per heavy atom. The van der Waals surface area contributed by atoms with E-state index in [-0.39, 0.29) is 11.4 Å². The van der Waals surface area contributed by atoms with E-state index in [0.717, 1.165) is 42.4 Å². The molecule has 8 heteroatoms. The van der Waals surface area contributed by atoms with Gasteiger partial charge in [-0.2, -0.15) is 13.5 Å². The highest BCUT2D eigenvalue weighted by molar-refractivity contribution is 7.86. The van der Waals surface area contributed by atoms with Crippen LogP contribution in [0.5, 0.6) is 0 Å². The van der Waals surface area contributed by atoms with Crippen LogP contribution in [-0.4, -0.2) is 44.3 Å². The van der Waals surface area contributed by atoms with Crippen LogP contribution in [0.1, 0.15) is 82.4 Å². The maximum absolute atomic E-state index is 12.6. The summed E-state index contributed by atoms with van der Waals surface area (Å²) in [5, 5.41) is 4.34. The summed E-state index contributed by atoms with van der Waals surface area (Å²) in [5.74, 6) is 0. The van der Waals surface area contributed by atoms with Crippen molar-refractivity contribution < 1.29 is 22.2 Å². The first kappa shape index (κ1) is 35.3. The number of benzene rings is 3. The Morgan fingerprint density at radius 2 is 1.43 bits per heavy atom. The summed E-state index contributed by atoms with van der Waals surface area (Å²) in [7, 11) is -4.14. The van der Waals surface area contributed by atoms with E-state index in [4.69, 9.17) is 9.02 Å². The Kier molecular flexibility index (Phi) is 14.4. The lowest BCUT2D eigenvalue weighted by Crippen LogP contribution is -2.39. The molecule has 1 aliphatic heterocycles. The van der Waals surface area contributed by atoms with Crippen LogP contribution in [0.3, 0.4) is 0 Å². The maximum atomic E-state index is 12.6. The lowest BCUT2D eigenvalue weighted by atomic mass is 10.0. The summed E-state index contributed by atoms with van der Waals surface area (Å²) < 4.78 is 35.8. The third-order valence-corrected chi connectivity index (χ3v) is 8.53. The summed E-state index contributed by atoms with van der Waals surface area (Å²) in [4.78, 5) is 12.5. The average Bonchev–Trinajstić information content (AvgIpc) is 3.52. The second-order valence-electron chi connectivity index (χ2n) is 12.4. The molecule has 0 aliphatic carbocycles. The van der Waals surface area contributed by atoms with E-state index >= 15 is 0 Å². The first-order chi connectivity index (χ1) is 21.0. The Labute approximate surface area is 265 Å². The van der Waals surface area contributed by atoms with Crippen molar-refractivity contribution >= 4 is 16.2 Å². The predicted octanol–water partition coefficient (Wildman–Crippen LogP) is 8.03. The van der Waals surface area contributed by atoms with Crippen molar-refractivity contribution in [3.05, 3.63) is 102 Å². The third kappa shape index (κ3) is 13.6. The SMILES string of the molecule is Cc1ccc(S(=O)(=O)ON(CCCCCCc2ccccc2)C(=O)OC(C)(C)C)cc1.c1ccc(CCC2CCCN2)cc1. The molecule has 0 radical (unpaired) electrons. The van der Waals surface area contributed by atoms with Gasteiger partial charge in [0.15, 0.2) is 0 Å². The standard InChI is InChI=1S/C24H33NO5S.C12H17N/c1-20-15-17-22(18-16-20)31(27,28)30-25(23(26)29-24(2,3)4)19-11-6-5-8-12-21-13-9-7-10-14-21;1-2-5-11(6-3-1)8-9-12-7-4-10-13-12/h7,9-10,13-18H,5-6,8,11-12,19H2,1-4H3;1-3,5-6,12-13H,4,7-10H2. The molecule has 1 unspecified atom stereocenters. The number of nitrogens with one attached hydrogen (secondary N) is 1. The van der Waals surface area contributed by atoms with Crippen LogP contribution in [0.25, 0.3) is 0 Å². The van der Waals surface area contributed by atoms with E-state index in [0.29, 0.717) is 6.42 Å². The van der Waals surface area contributed by atoms with Gasteiger partial charge in [-0.25, -0.2) is 4.79 Å². The largest absolute Gasteiger partial charge is 0.442 e. The molecule has 4 rings (SSSR count). The Bertz CT molecular complexity index is 1330. The molecule has 1 N–H and O–H groups in total. The van der Waals surface area contributed by atoms with E-state index < -0.39 is 21.8 Å². The van der Waals surface area contributed by atoms with Gasteiger partial charge in [0, 0.05) is 6.04 Å². The predicted molar refractivity (Wildman–Crippen MR) is 177 cm³/mol. The molecule has 1 saturated heterocycles. The molecule has 0 bridgehead atoms. The average molecular weight is 623 g/mol. The molecular weight excluding hydrogens is 572 g/mol. The molecule has 0 saturated carbocycles. The second-order valence-corrected chi connectivity index (χ2v) is 13.9. The quantitative estimate of drug-likeness (QED) is 0.153. The number of nitrogens with zero attached hydrogens (tertiary/aromatic N) is 1. The van der Waals surface area contributed by atoms with Gasteiger partial charge >= 0.3 is 16.2 Å². The number of amides is 1. The van der Waals surface area contributed by atoms with E-state index in [1.165, 1.54) is 55.5 Å². The summed E-state index contributed by atoms with van der Waals surface area (Å²) in [6.07, 6.45) is 8.88. The Hall–Kier alpha value is -3.20. The highest BCUT2D eigenvalue weighted by atomic mass is 32.2. The Balaban J connectivity index is 0.000000335. The molecule has 1 heterocycles. The zero-order valence-corrected chi connectivity index (χ0v) is 27.7. The van der Waals surface area contributed by atoms with Crippen LogP contribution in [0.2, 0.25) is 0 Å². The lowest BCUT2D eigenvalue weighted by Gasteiger charge is -2.26. The second kappa shape index (κ2) is 17.9. The summed E-state index contributed by atoms with van der Waals surface area (Å²) >= 11 is 0. The van der Waals surface area contributed by atoms with E-state index in [9.17, 15) is 13.2 Å². The van der Waals surface area contributed by atoms with E-state index in [2.05, 4.69) is 47.8 Å². The molecule has 3 aromatic carbocycles. The van der Waals surface area contributed by atoms with Gasteiger partial charge in [-0.05, 0) is 102 Å². The first-order valence-electron chi connectivity index (χ1n) is 15.8.